The summed E-state index contributed by atoms with van der Waals surface area (Å²) in [6.07, 6.45) is 0.681. The summed E-state index contributed by atoms with van der Waals surface area (Å²) in [5.74, 6) is -1.43. The van der Waals surface area contributed by atoms with E-state index in [1.807, 2.05) is 35.0 Å². The van der Waals surface area contributed by atoms with Gasteiger partial charge in [-0.25, -0.2) is 4.79 Å². The Balaban J connectivity index is 1.67. The smallest absolute Gasteiger partial charge is 0.338 e. The average molecular weight is 412 g/mol. The third-order valence-electron chi connectivity index (χ3n) is 5.55. The largest absolute Gasteiger partial charge is 0.455 e. The molecule has 1 saturated heterocycles. The van der Waals surface area contributed by atoms with E-state index in [1.54, 1.807) is 30.3 Å². The van der Waals surface area contributed by atoms with Crippen LogP contribution in [0.4, 0.5) is 0 Å². The van der Waals surface area contributed by atoms with Crippen LogP contribution in [0.1, 0.15) is 36.9 Å². The van der Waals surface area contributed by atoms with Crippen molar-refractivity contribution < 1.29 is 25.9 Å². The van der Waals surface area contributed by atoms with E-state index in [0.717, 1.165) is 29.3 Å². The van der Waals surface area contributed by atoms with E-state index in [0.29, 0.717) is 5.56 Å². The maximum Gasteiger partial charge on any atom is 0.338 e. The van der Waals surface area contributed by atoms with E-state index >= 15 is 0 Å². The highest BCUT2D eigenvalue weighted by molar-refractivity contribution is 5.89. The molecule has 6 nitrogen and oxygen atoms in total. The summed E-state index contributed by atoms with van der Waals surface area (Å²) in [7, 11) is 0. The number of carbonyl (C=O) groups is 1. The molecule has 0 spiro atoms. The number of hydrogen-bond acceptors (Lipinski definition) is 5. The van der Waals surface area contributed by atoms with E-state index in [1.165, 1.54) is 0 Å². The zero-order chi connectivity index (χ0) is 22.7. The highest BCUT2D eigenvalue weighted by Gasteiger charge is 2.43. The van der Waals surface area contributed by atoms with E-state index < -0.39 is 36.9 Å². The summed E-state index contributed by atoms with van der Waals surface area (Å²) >= 11 is 0. The molecule has 158 valence electrons. The maximum absolute atomic E-state index is 12.7. The Labute approximate surface area is 178 Å². The zero-order valence-electron chi connectivity index (χ0n) is 18.8. The van der Waals surface area contributed by atoms with Crippen LogP contribution in [0, 0.1) is 5.92 Å². The molecule has 0 saturated carbocycles. The number of rotatable bonds is 7. The number of ether oxygens (including phenoxy) is 2. The highest BCUT2D eigenvalue weighted by Crippen LogP contribution is 2.34. The monoisotopic (exact) mass is 412 g/mol. The summed E-state index contributed by atoms with van der Waals surface area (Å²) in [6.45, 7) is 0.768. The lowest BCUT2D eigenvalue weighted by molar-refractivity contribution is -0.197. The van der Waals surface area contributed by atoms with Gasteiger partial charge in [-0.3, -0.25) is 0 Å². The SMILES string of the molecule is [2H]C(O[3H])C1COC(n2cc(CCC)c3ccccc32)C(O)C1OC(=O)c1ccccc1. The Hall–Kier alpha value is -2.67. The first kappa shape index (κ1) is 18.1. The molecule has 0 radical (unpaired) electrons. The molecular formula is C24H27NO5. The fourth-order valence-corrected chi connectivity index (χ4v) is 4.06. The van der Waals surface area contributed by atoms with Crippen LogP contribution in [-0.2, 0) is 15.9 Å². The van der Waals surface area contributed by atoms with Crippen LogP contribution in [-0.4, -0.2) is 47.6 Å². The lowest BCUT2D eigenvalue weighted by Gasteiger charge is -2.39. The number of para-hydroxylation sites is 1. The zero-order valence-corrected chi connectivity index (χ0v) is 16.8. The predicted molar refractivity (Wildman–Crippen MR) is 113 cm³/mol. The first-order valence-electron chi connectivity index (χ1n) is 11.2. The first-order valence-corrected chi connectivity index (χ1v) is 10.2. The topological polar surface area (TPSA) is 80.9 Å². The number of hydrogen-bond donors (Lipinski definition) is 2. The molecule has 1 aliphatic heterocycles. The van der Waals surface area contributed by atoms with Crippen molar-refractivity contribution in [2.45, 2.75) is 38.2 Å². The van der Waals surface area contributed by atoms with Crippen molar-refractivity contribution in [1.29, 1.82) is 1.43 Å². The summed E-state index contributed by atoms with van der Waals surface area (Å²) in [5, 5.41) is 16.8. The molecule has 2 N–H and O–H groups in total. The number of benzene rings is 2. The molecule has 1 fully saturated rings. The Kier molecular flexibility index (Phi) is 5.44. The summed E-state index contributed by atoms with van der Waals surface area (Å²) in [6, 6.07) is 16.4. The summed E-state index contributed by atoms with van der Waals surface area (Å²) < 4.78 is 28.7. The van der Waals surface area contributed by atoms with Crippen LogP contribution < -0.4 is 0 Å². The second-order valence-corrected chi connectivity index (χ2v) is 7.58. The van der Waals surface area contributed by atoms with Gasteiger partial charge in [-0.2, -0.15) is 0 Å². The van der Waals surface area contributed by atoms with Gasteiger partial charge in [0.15, 0.2) is 6.23 Å². The Morgan fingerprint density at radius 3 is 2.83 bits per heavy atom. The highest BCUT2D eigenvalue weighted by atomic mass is 16.6. The van der Waals surface area contributed by atoms with Gasteiger partial charge < -0.3 is 24.3 Å². The maximum atomic E-state index is 12.7. The minimum atomic E-state index is -1.34. The Morgan fingerprint density at radius 1 is 1.30 bits per heavy atom. The molecule has 2 aromatic carbocycles. The second-order valence-electron chi connectivity index (χ2n) is 7.58. The third-order valence-corrected chi connectivity index (χ3v) is 5.55. The number of esters is 1. The van der Waals surface area contributed by atoms with Crippen molar-refractivity contribution in [3.05, 3.63) is 71.9 Å². The number of fused-ring (bicyclic) bond motifs is 1. The average Bonchev–Trinajstić information content (AvgIpc) is 3.19. The van der Waals surface area contributed by atoms with Gasteiger partial charge in [-0.1, -0.05) is 49.7 Å². The molecule has 0 bridgehead atoms. The lowest BCUT2D eigenvalue weighted by Crippen LogP contribution is -2.51. The first-order chi connectivity index (χ1) is 15.5. The molecule has 3 aromatic rings. The van der Waals surface area contributed by atoms with Gasteiger partial charge >= 0.3 is 5.97 Å². The lowest BCUT2D eigenvalue weighted by atomic mass is 9.95. The van der Waals surface area contributed by atoms with Crippen LogP contribution >= 0.6 is 0 Å². The molecule has 0 amide bonds. The molecule has 5 unspecified atom stereocenters. The van der Waals surface area contributed by atoms with Crippen molar-refractivity contribution in [3.63, 3.8) is 0 Å². The number of carbonyl (C=O) groups excluding carboxylic acids is 1. The molecule has 1 aromatic heterocycles. The van der Waals surface area contributed by atoms with E-state index in [2.05, 4.69) is 12.0 Å². The number of aliphatic hydroxyl groups excluding tert-OH is 2. The molecule has 30 heavy (non-hydrogen) atoms. The standard InChI is InChI=1S/C24H27NO5/c1-2-8-17-13-25(20-12-7-6-11-19(17)20)23-21(27)22(18(14-26)15-29-23)30-24(28)16-9-4-3-5-10-16/h3-7,9-13,18,21-23,26-27H,2,8,14-15H2,1H3/i14D,26T. The van der Waals surface area contributed by atoms with Gasteiger partial charge in [0.05, 0.1) is 25.6 Å². The third kappa shape index (κ3) is 3.86. The quantitative estimate of drug-likeness (QED) is 0.582. The van der Waals surface area contributed by atoms with Gasteiger partial charge in [-0.15, -0.1) is 0 Å². The molecule has 0 aliphatic carbocycles. The van der Waals surface area contributed by atoms with Crippen LogP contribution in [0.2, 0.25) is 0 Å². The summed E-state index contributed by atoms with van der Waals surface area (Å²) in [4.78, 5) is 12.7. The van der Waals surface area contributed by atoms with Crippen molar-refractivity contribution in [2.24, 2.45) is 5.92 Å². The van der Waals surface area contributed by atoms with Gasteiger partial charge in [0, 0.05) is 17.5 Å². The molecular weight excluding hydrogens is 382 g/mol. The van der Waals surface area contributed by atoms with E-state index in [9.17, 15) is 9.90 Å². The fourth-order valence-electron chi connectivity index (χ4n) is 4.06. The Morgan fingerprint density at radius 2 is 2.07 bits per heavy atom. The Bertz CT molecular complexity index is 1060. The molecule has 6 heteroatoms. The number of aromatic nitrogens is 1. The molecule has 5 atom stereocenters. The van der Waals surface area contributed by atoms with Crippen molar-refractivity contribution in [3.8, 4) is 0 Å². The minimum absolute atomic E-state index is 0.00285. The fraction of sp³-hybridized carbons (Fsp3) is 0.375. The molecule has 2 heterocycles. The van der Waals surface area contributed by atoms with Gasteiger partial charge in [0.25, 0.3) is 0 Å². The summed E-state index contributed by atoms with van der Waals surface area (Å²) in [5.41, 5.74) is 2.39. The predicted octanol–water partition coefficient (Wildman–Crippen LogP) is 3.32. The van der Waals surface area contributed by atoms with Gasteiger partial charge in [0.2, 0.25) is 1.43 Å². The minimum Gasteiger partial charge on any atom is -0.455 e. The normalized spacial score (nSPS) is 26.1. The number of aliphatic hydroxyl groups is 2. The van der Waals surface area contributed by atoms with Crippen LogP contribution in [0.25, 0.3) is 10.9 Å². The number of nitrogens with zero attached hydrogens (tertiary/aromatic N) is 1. The van der Waals surface area contributed by atoms with Gasteiger partial charge in [0.1, 0.15) is 12.2 Å². The van der Waals surface area contributed by atoms with Crippen LogP contribution in [0.15, 0.2) is 60.8 Å². The van der Waals surface area contributed by atoms with Crippen LogP contribution in [0.3, 0.4) is 0 Å². The number of aryl methyl sites for hydroxylation is 1. The van der Waals surface area contributed by atoms with Crippen molar-refractivity contribution >= 4 is 16.9 Å². The van der Waals surface area contributed by atoms with Gasteiger partial charge in [-0.05, 0) is 30.2 Å². The second kappa shape index (κ2) is 9.00. The van der Waals surface area contributed by atoms with E-state index in [4.69, 9.17) is 12.3 Å². The van der Waals surface area contributed by atoms with Crippen LogP contribution in [0.5, 0.6) is 0 Å². The van der Waals surface area contributed by atoms with Crippen molar-refractivity contribution in [1.82, 2.24) is 4.57 Å². The van der Waals surface area contributed by atoms with E-state index in [-0.39, 0.29) is 6.61 Å². The molecule has 1 aliphatic rings. The van der Waals surface area contributed by atoms with Crippen molar-refractivity contribution in [2.75, 3.05) is 13.2 Å². The molecule has 4 rings (SSSR count).